The van der Waals surface area contributed by atoms with Crippen LogP contribution in [0.4, 0.5) is 5.69 Å². The average Bonchev–Trinajstić information content (AvgIpc) is 2.39. The minimum Gasteiger partial charge on any atom is -0.387 e. The van der Waals surface area contributed by atoms with Crippen LogP contribution in [0, 0.1) is 0 Å². The molecule has 0 aromatic carbocycles. The third-order valence-corrected chi connectivity index (χ3v) is 2.92. The van der Waals surface area contributed by atoms with Crippen molar-refractivity contribution >= 4 is 5.69 Å². The third kappa shape index (κ3) is 2.42. The molecule has 0 saturated heterocycles. The Kier molecular flexibility index (Phi) is 3.57. The number of aliphatic hydroxyl groups excluding tert-OH is 1. The van der Waals surface area contributed by atoms with Crippen LogP contribution in [0.5, 0.6) is 0 Å². The van der Waals surface area contributed by atoms with Crippen LogP contribution in [0.2, 0.25) is 0 Å². The zero-order valence-corrected chi connectivity index (χ0v) is 9.63. The second-order valence-corrected chi connectivity index (χ2v) is 4.07. The second kappa shape index (κ2) is 5.12. The molecule has 0 amide bonds. The van der Waals surface area contributed by atoms with E-state index in [1.807, 2.05) is 25.3 Å². The van der Waals surface area contributed by atoms with E-state index in [4.69, 9.17) is 0 Å². The van der Waals surface area contributed by atoms with Crippen molar-refractivity contribution < 1.29 is 5.11 Å². The minimum absolute atomic E-state index is 0.435. The van der Waals surface area contributed by atoms with E-state index in [1.54, 1.807) is 0 Å². The first-order valence-corrected chi connectivity index (χ1v) is 5.85. The van der Waals surface area contributed by atoms with E-state index in [9.17, 15) is 5.11 Å². The number of anilines is 1. The Hall–Kier alpha value is -1.35. The van der Waals surface area contributed by atoms with Gasteiger partial charge in [0.05, 0.1) is 23.7 Å². The summed E-state index contributed by atoms with van der Waals surface area (Å²) in [5, 5.41) is 9.64. The lowest BCUT2D eigenvalue weighted by Crippen LogP contribution is -2.26. The molecule has 0 spiro atoms. The Morgan fingerprint density at radius 2 is 2.31 bits per heavy atom. The van der Waals surface area contributed by atoms with Gasteiger partial charge in [0.1, 0.15) is 0 Å². The molecule has 0 saturated carbocycles. The zero-order valence-electron chi connectivity index (χ0n) is 9.63. The highest BCUT2D eigenvalue weighted by Gasteiger charge is 2.10. The van der Waals surface area contributed by atoms with Gasteiger partial charge in [0.25, 0.3) is 0 Å². The summed E-state index contributed by atoms with van der Waals surface area (Å²) in [6.07, 6.45) is 7.61. The first-order chi connectivity index (χ1) is 7.81. The molecular formula is C13H18N2O. The summed E-state index contributed by atoms with van der Waals surface area (Å²) in [6, 6.07) is 3.96. The lowest BCUT2D eigenvalue weighted by atomic mass is 10.1. The molecule has 0 radical (unpaired) electrons. The highest BCUT2D eigenvalue weighted by Crippen LogP contribution is 2.19. The molecule has 0 unspecified atom stereocenters. The number of hydrogen-bond donors (Lipinski definition) is 1. The van der Waals surface area contributed by atoms with E-state index in [1.165, 1.54) is 0 Å². The fraction of sp³-hybridized carbons (Fsp3) is 0.462. The van der Waals surface area contributed by atoms with Gasteiger partial charge in [0.2, 0.25) is 0 Å². The summed E-state index contributed by atoms with van der Waals surface area (Å²) in [5.41, 5.74) is 1.90. The number of nitrogens with zero attached hydrogens (tertiary/aromatic N) is 2. The van der Waals surface area contributed by atoms with Gasteiger partial charge >= 0.3 is 0 Å². The van der Waals surface area contributed by atoms with E-state index in [2.05, 4.69) is 22.0 Å². The zero-order chi connectivity index (χ0) is 11.4. The van der Waals surface area contributed by atoms with Crippen LogP contribution >= 0.6 is 0 Å². The normalized spacial score (nSPS) is 17.5. The van der Waals surface area contributed by atoms with Gasteiger partial charge in [-0.15, -0.1) is 0 Å². The van der Waals surface area contributed by atoms with E-state index in [0.29, 0.717) is 6.42 Å². The molecule has 3 heteroatoms. The molecule has 1 aromatic heterocycles. The fourth-order valence-electron chi connectivity index (χ4n) is 1.87. The number of aromatic nitrogens is 1. The van der Waals surface area contributed by atoms with Gasteiger partial charge in [-0.3, -0.25) is 4.98 Å². The van der Waals surface area contributed by atoms with E-state index >= 15 is 0 Å². The maximum absolute atomic E-state index is 9.64. The Labute approximate surface area is 96.4 Å². The van der Waals surface area contributed by atoms with Crippen molar-refractivity contribution in [2.45, 2.75) is 25.9 Å². The first kappa shape index (κ1) is 11.1. The molecule has 86 valence electrons. The molecule has 1 aliphatic heterocycles. The van der Waals surface area contributed by atoms with E-state index in [-0.39, 0.29) is 0 Å². The number of rotatable bonds is 3. The highest BCUT2D eigenvalue weighted by molar-refractivity contribution is 5.46. The van der Waals surface area contributed by atoms with Crippen LogP contribution in [-0.4, -0.2) is 23.2 Å². The fourth-order valence-corrected chi connectivity index (χ4v) is 1.87. The molecule has 0 fully saturated rings. The molecule has 1 N–H and O–H groups in total. The van der Waals surface area contributed by atoms with Crippen molar-refractivity contribution in [1.82, 2.24) is 4.98 Å². The lowest BCUT2D eigenvalue weighted by molar-refractivity contribution is 0.169. The second-order valence-electron chi connectivity index (χ2n) is 4.07. The van der Waals surface area contributed by atoms with Crippen LogP contribution in [0.25, 0.3) is 0 Å². The maximum Gasteiger partial charge on any atom is 0.0957 e. The van der Waals surface area contributed by atoms with Gasteiger partial charge in [-0.05, 0) is 25.0 Å². The molecule has 1 atom stereocenters. The Morgan fingerprint density at radius 3 is 2.88 bits per heavy atom. The average molecular weight is 218 g/mol. The Balaban J connectivity index is 2.09. The monoisotopic (exact) mass is 218 g/mol. The number of pyridine rings is 1. The van der Waals surface area contributed by atoms with Crippen molar-refractivity contribution in [1.29, 1.82) is 0 Å². The van der Waals surface area contributed by atoms with Crippen LogP contribution in [0.1, 0.15) is 31.6 Å². The molecule has 16 heavy (non-hydrogen) atoms. The van der Waals surface area contributed by atoms with Gasteiger partial charge in [0, 0.05) is 13.1 Å². The third-order valence-electron chi connectivity index (χ3n) is 2.92. The standard InChI is InChI=1S/C13H18N2O/c1-2-13(16)12-7-6-11(10-14-12)15-8-4-3-5-9-15/h3-4,6-7,10,13,16H,2,5,8-9H2,1H3/t13-/m1/s1. The predicted octanol–water partition coefficient (Wildman–Crippen LogP) is 2.29. The lowest BCUT2D eigenvalue weighted by Gasteiger charge is -2.25. The molecular weight excluding hydrogens is 200 g/mol. The first-order valence-electron chi connectivity index (χ1n) is 5.85. The van der Waals surface area contributed by atoms with Crippen molar-refractivity contribution in [2.75, 3.05) is 18.0 Å². The van der Waals surface area contributed by atoms with Crippen molar-refractivity contribution in [3.63, 3.8) is 0 Å². The molecule has 2 rings (SSSR count). The topological polar surface area (TPSA) is 36.4 Å². The van der Waals surface area contributed by atoms with Crippen molar-refractivity contribution in [2.24, 2.45) is 0 Å². The summed E-state index contributed by atoms with van der Waals surface area (Å²) in [5.74, 6) is 0. The maximum atomic E-state index is 9.64. The molecule has 0 bridgehead atoms. The Morgan fingerprint density at radius 1 is 1.44 bits per heavy atom. The van der Waals surface area contributed by atoms with Gasteiger partial charge in [0.15, 0.2) is 0 Å². The van der Waals surface area contributed by atoms with Crippen LogP contribution < -0.4 is 4.90 Å². The van der Waals surface area contributed by atoms with Crippen molar-refractivity contribution in [3.05, 3.63) is 36.2 Å². The van der Waals surface area contributed by atoms with Crippen molar-refractivity contribution in [3.8, 4) is 0 Å². The predicted molar refractivity (Wildman–Crippen MR) is 65.5 cm³/mol. The van der Waals surface area contributed by atoms with Gasteiger partial charge < -0.3 is 10.0 Å². The Bertz CT molecular complexity index is 359. The van der Waals surface area contributed by atoms with Crippen LogP contribution in [0.15, 0.2) is 30.5 Å². The molecule has 3 nitrogen and oxygen atoms in total. The van der Waals surface area contributed by atoms with Gasteiger partial charge in [-0.2, -0.15) is 0 Å². The minimum atomic E-state index is -0.435. The van der Waals surface area contributed by atoms with Gasteiger partial charge in [-0.1, -0.05) is 19.1 Å². The summed E-state index contributed by atoms with van der Waals surface area (Å²) in [4.78, 5) is 6.60. The van der Waals surface area contributed by atoms with Crippen LogP contribution in [0.3, 0.4) is 0 Å². The molecule has 0 aliphatic carbocycles. The van der Waals surface area contributed by atoms with E-state index in [0.717, 1.165) is 30.9 Å². The summed E-state index contributed by atoms with van der Waals surface area (Å²) >= 11 is 0. The number of hydrogen-bond acceptors (Lipinski definition) is 3. The van der Waals surface area contributed by atoms with E-state index < -0.39 is 6.10 Å². The van der Waals surface area contributed by atoms with Crippen LogP contribution in [-0.2, 0) is 0 Å². The highest BCUT2D eigenvalue weighted by atomic mass is 16.3. The smallest absolute Gasteiger partial charge is 0.0957 e. The van der Waals surface area contributed by atoms with Gasteiger partial charge in [-0.25, -0.2) is 0 Å². The number of aliphatic hydroxyl groups is 1. The largest absolute Gasteiger partial charge is 0.387 e. The molecule has 1 aromatic rings. The SMILES string of the molecule is CC[C@@H](O)c1ccc(N2CC=CCC2)cn1. The molecule has 1 aliphatic rings. The quantitative estimate of drug-likeness (QED) is 0.791. The summed E-state index contributed by atoms with van der Waals surface area (Å²) in [7, 11) is 0. The summed E-state index contributed by atoms with van der Waals surface area (Å²) in [6.45, 7) is 3.96. The summed E-state index contributed by atoms with van der Waals surface area (Å²) < 4.78 is 0. The molecule has 2 heterocycles.